The van der Waals surface area contributed by atoms with Crippen LogP contribution in [0.15, 0.2) is 29.8 Å². The number of likely N-dealkylation sites (tertiary alicyclic amines) is 1. The maximum atomic E-state index is 12.6. The first kappa shape index (κ1) is 20.4. The topological polar surface area (TPSA) is 109 Å². The van der Waals surface area contributed by atoms with E-state index >= 15 is 0 Å². The molecule has 4 N–H and O–H groups in total. The van der Waals surface area contributed by atoms with Crippen LogP contribution in [0.3, 0.4) is 0 Å². The molecule has 1 saturated heterocycles. The lowest BCUT2D eigenvalue weighted by Crippen LogP contribution is -2.55. The van der Waals surface area contributed by atoms with Crippen molar-refractivity contribution in [2.24, 2.45) is 5.73 Å². The van der Waals surface area contributed by atoms with Gasteiger partial charge in [0.15, 0.2) is 0 Å². The minimum Gasteiger partial charge on any atom is -0.391 e. The molecule has 0 aliphatic carbocycles. The quantitative estimate of drug-likeness (QED) is 0.701. The number of hydrogen-bond donors (Lipinski definition) is 3. The zero-order chi connectivity index (χ0) is 20.5. The number of nitrogens with two attached hydrogens (primary N) is 1. The molecule has 0 spiro atoms. The van der Waals surface area contributed by atoms with E-state index in [4.69, 9.17) is 5.73 Å². The monoisotopic (exact) mass is 402 g/mol. The number of nitrogens with one attached hydrogen (secondary N) is 1. The predicted octanol–water partition coefficient (Wildman–Crippen LogP) is 1.43. The van der Waals surface area contributed by atoms with Crippen molar-refractivity contribution in [3.63, 3.8) is 0 Å². The molecule has 28 heavy (non-hydrogen) atoms. The van der Waals surface area contributed by atoms with Gasteiger partial charge in [-0.3, -0.25) is 9.59 Å². The Hall–Kier alpha value is -2.29. The van der Waals surface area contributed by atoms with Gasteiger partial charge in [-0.1, -0.05) is 24.3 Å². The fourth-order valence-electron chi connectivity index (χ4n) is 3.32. The fraction of sp³-hybridized carbons (Fsp3) is 0.450. The van der Waals surface area contributed by atoms with Crippen LogP contribution in [0.25, 0.3) is 10.4 Å². The Morgan fingerprint density at radius 3 is 2.61 bits per heavy atom. The Balaban J connectivity index is 1.63. The SMILES string of the molecule is Cc1ncsc1-c1ccc(CNC(=O)[C@H]2C[C@@H](O)CN2C(=O)C(C)(C)N)cc1. The van der Waals surface area contributed by atoms with E-state index in [2.05, 4.69) is 10.3 Å². The molecule has 0 unspecified atom stereocenters. The van der Waals surface area contributed by atoms with E-state index < -0.39 is 17.7 Å². The number of carbonyl (C=O) groups is 2. The van der Waals surface area contributed by atoms with E-state index in [0.29, 0.717) is 6.54 Å². The van der Waals surface area contributed by atoms with Gasteiger partial charge < -0.3 is 21.1 Å². The van der Waals surface area contributed by atoms with Crippen LogP contribution in [0.1, 0.15) is 31.5 Å². The van der Waals surface area contributed by atoms with Crippen molar-refractivity contribution in [2.45, 2.75) is 51.4 Å². The zero-order valence-electron chi connectivity index (χ0n) is 16.3. The van der Waals surface area contributed by atoms with Crippen molar-refractivity contribution in [3.05, 3.63) is 41.0 Å². The summed E-state index contributed by atoms with van der Waals surface area (Å²) in [6, 6.07) is 7.24. The average molecular weight is 403 g/mol. The van der Waals surface area contributed by atoms with Gasteiger partial charge in [-0.25, -0.2) is 4.98 Å². The van der Waals surface area contributed by atoms with Gasteiger partial charge in [-0.15, -0.1) is 11.3 Å². The number of rotatable bonds is 5. The lowest BCUT2D eigenvalue weighted by atomic mass is 10.0. The number of carbonyl (C=O) groups excluding carboxylic acids is 2. The van der Waals surface area contributed by atoms with E-state index in [-0.39, 0.29) is 24.8 Å². The van der Waals surface area contributed by atoms with Crippen LogP contribution in [-0.4, -0.2) is 51.0 Å². The van der Waals surface area contributed by atoms with Crippen molar-refractivity contribution in [1.29, 1.82) is 0 Å². The Bertz CT molecular complexity index is 857. The zero-order valence-corrected chi connectivity index (χ0v) is 17.1. The molecule has 1 fully saturated rings. The molecule has 7 nitrogen and oxygen atoms in total. The lowest BCUT2D eigenvalue weighted by molar-refractivity contribution is -0.141. The highest BCUT2D eigenvalue weighted by Gasteiger charge is 2.42. The standard InChI is InChI=1S/C20H26N4O3S/c1-12-17(28-11-23-12)14-6-4-13(5-7-14)9-22-18(26)16-8-15(25)10-24(16)19(27)20(2,3)21/h4-7,11,15-16,25H,8-10,21H2,1-3H3,(H,22,26)/t15-,16-/m1/s1. The Labute approximate surface area is 168 Å². The second-order valence-electron chi connectivity index (χ2n) is 7.77. The van der Waals surface area contributed by atoms with Crippen molar-refractivity contribution >= 4 is 23.2 Å². The van der Waals surface area contributed by atoms with Gasteiger partial charge in [-0.2, -0.15) is 0 Å². The molecular formula is C20H26N4O3S. The Kier molecular flexibility index (Phi) is 5.83. The maximum Gasteiger partial charge on any atom is 0.243 e. The molecule has 1 aliphatic rings. The number of aromatic nitrogens is 1. The molecule has 2 atom stereocenters. The maximum absolute atomic E-state index is 12.6. The number of amides is 2. The van der Waals surface area contributed by atoms with Crippen LogP contribution >= 0.6 is 11.3 Å². The Morgan fingerprint density at radius 2 is 2.04 bits per heavy atom. The fourth-order valence-corrected chi connectivity index (χ4v) is 4.13. The highest BCUT2D eigenvalue weighted by atomic mass is 32.1. The third-order valence-electron chi connectivity index (χ3n) is 4.82. The molecular weight excluding hydrogens is 376 g/mol. The van der Waals surface area contributed by atoms with Crippen molar-refractivity contribution in [2.75, 3.05) is 6.54 Å². The van der Waals surface area contributed by atoms with Crippen LogP contribution in [-0.2, 0) is 16.1 Å². The molecule has 0 radical (unpaired) electrons. The first-order chi connectivity index (χ1) is 13.2. The molecule has 150 valence electrons. The highest BCUT2D eigenvalue weighted by molar-refractivity contribution is 7.13. The molecule has 2 heterocycles. The van der Waals surface area contributed by atoms with Crippen molar-refractivity contribution in [3.8, 4) is 10.4 Å². The smallest absolute Gasteiger partial charge is 0.243 e. The molecule has 1 aromatic heterocycles. The first-order valence-corrected chi connectivity index (χ1v) is 10.1. The lowest BCUT2D eigenvalue weighted by Gasteiger charge is -2.29. The summed E-state index contributed by atoms with van der Waals surface area (Å²) >= 11 is 1.60. The summed E-state index contributed by atoms with van der Waals surface area (Å²) in [6.45, 7) is 5.65. The van der Waals surface area contributed by atoms with Gasteiger partial charge >= 0.3 is 0 Å². The summed E-state index contributed by atoms with van der Waals surface area (Å²) in [5.41, 5.74) is 9.67. The normalized spacial score (nSPS) is 19.7. The number of aliphatic hydroxyl groups is 1. The van der Waals surface area contributed by atoms with Gasteiger partial charge in [0.2, 0.25) is 11.8 Å². The van der Waals surface area contributed by atoms with Crippen LogP contribution in [0.4, 0.5) is 0 Å². The second kappa shape index (κ2) is 7.98. The molecule has 1 aliphatic heterocycles. The molecule has 0 bridgehead atoms. The van der Waals surface area contributed by atoms with Crippen LogP contribution in [0.5, 0.6) is 0 Å². The number of aliphatic hydroxyl groups excluding tert-OH is 1. The number of aryl methyl sites for hydroxylation is 1. The average Bonchev–Trinajstić information content (AvgIpc) is 3.24. The van der Waals surface area contributed by atoms with Gasteiger partial charge in [-0.05, 0) is 31.9 Å². The van der Waals surface area contributed by atoms with Crippen LogP contribution in [0, 0.1) is 6.92 Å². The molecule has 0 saturated carbocycles. The minimum atomic E-state index is -1.09. The number of nitrogens with zero attached hydrogens (tertiary/aromatic N) is 2. The summed E-state index contributed by atoms with van der Waals surface area (Å²) in [5, 5.41) is 12.8. The molecule has 8 heteroatoms. The Morgan fingerprint density at radius 1 is 1.36 bits per heavy atom. The largest absolute Gasteiger partial charge is 0.391 e. The summed E-state index contributed by atoms with van der Waals surface area (Å²) in [5.74, 6) is -0.620. The van der Waals surface area contributed by atoms with E-state index in [0.717, 1.165) is 21.7 Å². The van der Waals surface area contributed by atoms with E-state index in [1.807, 2.05) is 36.7 Å². The predicted molar refractivity (Wildman–Crippen MR) is 109 cm³/mol. The van der Waals surface area contributed by atoms with Crippen molar-refractivity contribution in [1.82, 2.24) is 15.2 Å². The molecule has 2 amide bonds. The summed E-state index contributed by atoms with van der Waals surface area (Å²) in [6.07, 6.45) is -0.499. The summed E-state index contributed by atoms with van der Waals surface area (Å²) < 4.78 is 0. The third-order valence-corrected chi connectivity index (χ3v) is 5.80. The van der Waals surface area contributed by atoms with E-state index in [1.165, 1.54) is 4.90 Å². The van der Waals surface area contributed by atoms with Gasteiger partial charge in [0.1, 0.15) is 6.04 Å². The second-order valence-corrected chi connectivity index (χ2v) is 8.62. The van der Waals surface area contributed by atoms with E-state index in [9.17, 15) is 14.7 Å². The molecule has 1 aromatic carbocycles. The first-order valence-electron chi connectivity index (χ1n) is 9.22. The van der Waals surface area contributed by atoms with Crippen molar-refractivity contribution < 1.29 is 14.7 Å². The van der Waals surface area contributed by atoms with Gasteiger partial charge in [0, 0.05) is 19.5 Å². The molecule has 2 aromatic rings. The van der Waals surface area contributed by atoms with Gasteiger partial charge in [0.05, 0.1) is 27.7 Å². The van der Waals surface area contributed by atoms with Crippen LogP contribution in [0.2, 0.25) is 0 Å². The molecule has 3 rings (SSSR count). The number of benzene rings is 1. The summed E-state index contributed by atoms with van der Waals surface area (Å²) in [4.78, 5) is 31.9. The van der Waals surface area contributed by atoms with E-state index in [1.54, 1.807) is 25.2 Å². The third kappa shape index (κ3) is 4.40. The minimum absolute atomic E-state index is 0.125. The highest BCUT2D eigenvalue weighted by Crippen LogP contribution is 2.27. The number of thiazole rings is 1. The number of hydrogen-bond acceptors (Lipinski definition) is 6. The summed E-state index contributed by atoms with van der Waals surface area (Å²) in [7, 11) is 0. The number of β-amino-alcohol motifs (C(OH)–C–C–N with tert-alkyl or cyclic N) is 1. The van der Waals surface area contributed by atoms with Gasteiger partial charge in [0.25, 0.3) is 0 Å². The van der Waals surface area contributed by atoms with Crippen LogP contribution < -0.4 is 11.1 Å².